The number of benzene rings is 1. The first-order valence-corrected chi connectivity index (χ1v) is 11.1. The van der Waals surface area contributed by atoms with Gasteiger partial charge in [0.1, 0.15) is 22.2 Å². The maximum absolute atomic E-state index is 12.6. The normalized spacial score (nSPS) is 13.3. The van der Waals surface area contributed by atoms with Crippen molar-refractivity contribution < 1.29 is 4.74 Å². The van der Waals surface area contributed by atoms with Gasteiger partial charge >= 0.3 is 0 Å². The molecule has 156 valence electrons. The van der Waals surface area contributed by atoms with Crippen molar-refractivity contribution in [3.63, 3.8) is 0 Å². The molecule has 0 saturated carbocycles. The van der Waals surface area contributed by atoms with Gasteiger partial charge in [0.25, 0.3) is 5.56 Å². The van der Waals surface area contributed by atoms with Crippen molar-refractivity contribution >= 4 is 46.4 Å². The maximum Gasteiger partial charge on any atom is 0.271 e. The molecule has 1 aromatic carbocycles. The largest absolute Gasteiger partial charge is 0.487 e. The Kier molecular flexibility index (Phi) is 4.79. The Labute approximate surface area is 183 Å². The van der Waals surface area contributed by atoms with Gasteiger partial charge in [-0.1, -0.05) is 17.1 Å². The Balaban J connectivity index is 1.71. The molecule has 0 aliphatic carbocycles. The lowest BCUT2D eigenvalue weighted by atomic mass is 10.1. The highest BCUT2D eigenvalue weighted by Crippen LogP contribution is 2.31. The van der Waals surface area contributed by atoms with Crippen LogP contribution in [0.1, 0.15) is 16.3 Å². The third-order valence-corrected chi connectivity index (χ3v) is 6.55. The molecule has 4 aromatic heterocycles. The topological polar surface area (TPSA) is 101 Å². The predicted molar refractivity (Wildman–Crippen MR) is 121 cm³/mol. The van der Waals surface area contributed by atoms with E-state index in [1.54, 1.807) is 11.3 Å². The second kappa shape index (κ2) is 7.64. The number of nitrogens with zero attached hydrogens (tertiary/aromatic N) is 4. The number of H-pyrrole nitrogens is 2. The number of ether oxygens (including phenoxy) is 1. The fourth-order valence-electron chi connectivity index (χ4n) is 3.54. The van der Waals surface area contributed by atoms with Gasteiger partial charge in [0.15, 0.2) is 0 Å². The third-order valence-electron chi connectivity index (χ3n) is 4.95. The van der Waals surface area contributed by atoms with Gasteiger partial charge in [-0.25, -0.2) is 4.98 Å². The minimum atomic E-state index is -0.226. The molecule has 0 aliphatic rings. The molecule has 10 heteroatoms. The molecule has 4 heterocycles. The lowest BCUT2D eigenvalue weighted by molar-refractivity contribution is 0.305. The summed E-state index contributed by atoms with van der Waals surface area (Å²) in [6.07, 6.45) is 3.84. The number of aryl methyl sites for hydroxylation is 2. The van der Waals surface area contributed by atoms with Crippen LogP contribution in [0, 0.1) is 16.8 Å². The van der Waals surface area contributed by atoms with Gasteiger partial charge in [-0.05, 0) is 36.7 Å². The van der Waals surface area contributed by atoms with E-state index in [1.807, 2.05) is 54.4 Å². The summed E-state index contributed by atoms with van der Waals surface area (Å²) < 4.78 is 12.8. The van der Waals surface area contributed by atoms with E-state index in [0.29, 0.717) is 22.5 Å². The first-order valence-electron chi connectivity index (χ1n) is 9.43. The minimum absolute atomic E-state index is 0.226. The summed E-state index contributed by atoms with van der Waals surface area (Å²) in [7, 11) is 1.97. The van der Waals surface area contributed by atoms with Crippen LogP contribution in [0.25, 0.3) is 23.6 Å². The fourth-order valence-corrected chi connectivity index (χ4v) is 4.76. The molecule has 31 heavy (non-hydrogen) atoms. The van der Waals surface area contributed by atoms with Crippen molar-refractivity contribution in [2.24, 2.45) is 7.05 Å². The van der Waals surface area contributed by atoms with Crippen molar-refractivity contribution in [2.75, 3.05) is 0 Å². The third kappa shape index (κ3) is 3.49. The van der Waals surface area contributed by atoms with Gasteiger partial charge in [-0.2, -0.15) is 0 Å². The number of aromatic amines is 2. The standard InChI is InChI=1S/C21H18N6O2S2/c1-11-20(31-26-23-11)19-15(21(28)25-24-19)7-13-8-27(3)16-5-4-6-17(18(13)16)29-9-14-10-30-12(2)22-14/h4-8,10,24H,1,9H2,2-3H3,(H,25,28)/b15-7-,20-19-. The van der Waals surface area contributed by atoms with Crippen molar-refractivity contribution in [3.05, 3.63) is 76.8 Å². The van der Waals surface area contributed by atoms with Crippen LogP contribution in [0.4, 0.5) is 0 Å². The molecule has 0 aliphatic heterocycles. The van der Waals surface area contributed by atoms with Crippen LogP contribution < -0.4 is 20.9 Å². The molecule has 0 fully saturated rings. The summed E-state index contributed by atoms with van der Waals surface area (Å²) in [6.45, 7) is 6.25. The van der Waals surface area contributed by atoms with Crippen LogP contribution in [0.3, 0.4) is 0 Å². The van der Waals surface area contributed by atoms with Gasteiger partial charge in [0.2, 0.25) is 0 Å². The highest BCUT2D eigenvalue weighted by molar-refractivity contribution is 7.09. The molecule has 0 spiro atoms. The number of rotatable bonds is 4. The van der Waals surface area contributed by atoms with Crippen molar-refractivity contribution in [1.82, 2.24) is 29.3 Å². The number of nitrogens with one attached hydrogen (secondary N) is 2. The number of aromatic nitrogens is 6. The monoisotopic (exact) mass is 450 g/mol. The quantitative estimate of drug-likeness (QED) is 0.436. The Morgan fingerprint density at radius 1 is 1.32 bits per heavy atom. The van der Waals surface area contributed by atoms with Crippen LogP contribution in [0.5, 0.6) is 5.75 Å². The van der Waals surface area contributed by atoms with Crippen molar-refractivity contribution in [3.8, 4) is 5.75 Å². The second-order valence-electron chi connectivity index (χ2n) is 7.05. The first-order chi connectivity index (χ1) is 15.0. The van der Waals surface area contributed by atoms with E-state index in [-0.39, 0.29) is 5.56 Å². The average Bonchev–Trinajstić information content (AvgIpc) is 3.51. The molecular weight excluding hydrogens is 432 g/mol. The Hall–Kier alpha value is -3.50. The van der Waals surface area contributed by atoms with Crippen LogP contribution in [0.15, 0.2) is 34.6 Å². The number of fused-ring (bicyclic) bond motifs is 1. The zero-order chi connectivity index (χ0) is 21.5. The summed E-state index contributed by atoms with van der Waals surface area (Å²) in [5.41, 5.74) is 2.54. The molecule has 0 amide bonds. The van der Waals surface area contributed by atoms with Crippen LogP contribution >= 0.6 is 22.9 Å². The van der Waals surface area contributed by atoms with E-state index >= 15 is 0 Å². The molecule has 2 N–H and O–H groups in total. The van der Waals surface area contributed by atoms with Crippen LogP contribution in [-0.2, 0) is 13.7 Å². The number of hydrogen-bond acceptors (Lipinski definition) is 7. The van der Waals surface area contributed by atoms with Gasteiger partial charge < -0.3 is 9.30 Å². The highest BCUT2D eigenvalue weighted by atomic mass is 32.1. The molecule has 0 unspecified atom stereocenters. The Morgan fingerprint density at radius 3 is 2.94 bits per heavy atom. The Bertz CT molecular complexity index is 1670. The van der Waals surface area contributed by atoms with Crippen LogP contribution in [-0.4, -0.2) is 29.3 Å². The lowest BCUT2D eigenvalue weighted by Crippen LogP contribution is -2.22. The van der Waals surface area contributed by atoms with E-state index in [2.05, 4.69) is 31.3 Å². The van der Waals surface area contributed by atoms with Crippen molar-refractivity contribution in [2.45, 2.75) is 13.5 Å². The molecule has 5 aromatic rings. The zero-order valence-corrected chi connectivity index (χ0v) is 18.4. The maximum atomic E-state index is 12.6. The fraction of sp³-hybridized carbons (Fsp3) is 0.143. The number of hydrogen-bond donors (Lipinski definition) is 2. The summed E-state index contributed by atoms with van der Waals surface area (Å²) in [6, 6.07) is 5.92. The molecule has 0 radical (unpaired) electrons. The SMILES string of the molecule is C=c1nns/c1=c1\[nH][nH]c(=O)\c1=C/c1cn(C)c2cccc(OCc3csc(C)n3)c12. The van der Waals surface area contributed by atoms with E-state index in [0.717, 1.165) is 37.4 Å². The van der Waals surface area contributed by atoms with Gasteiger partial charge in [-0.3, -0.25) is 15.0 Å². The predicted octanol–water partition coefficient (Wildman–Crippen LogP) is 1.92. The minimum Gasteiger partial charge on any atom is -0.487 e. The smallest absolute Gasteiger partial charge is 0.271 e. The van der Waals surface area contributed by atoms with E-state index in [9.17, 15) is 4.79 Å². The first kappa shape index (κ1) is 19.5. The molecular formula is C21H18N6O2S2. The lowest BCUT2D eigenvalue weighted by Gasteiger charge is -2.07. The molecule has 0 saturated heterocycles. The average molecular weight is 451 g/mol. The van der Waals surface area contributed by atoms with Gasteiger partial charge in [0, 0.05) is 29.6 Å². The zero-order valence-electron chi connectivity index (χ0n) is 16.8. The number of thiazole rings is 1. The summed E-state index contributed by atoms with van der Waals surface area (Å²) in [5.74, 6) is 0.737. The van der Waals surface area contributed by atoms with Gasteiger partial charge in [0.05, 0.1) is 26.8 Å². The second-order valence-corrected chi connectivity index (χ2v) is 8.87. The summed E-state index contributed by atoms with van der Waals surface area (Å²) in [5, 5.41) is 15.1. The van der Waals surface area contributed by atoms with Crippen LogP contribution in [0.2, 0.25) is 0 Å². The Morgan fingerprint density at radius 2 is 2.19 bits per heavy atom. The highest BCUT2D eigenvalue weighted by Gasteiger charge is 2.12. The van der Waals surface area contributed by atoms with E-state index in [4.69, 9.17) is 4.74 Å². The van der Waals surface area contributed by atoms with E-state index in [1.165, 1.54) is 11.5 Å². The molecule has 8 nitrogen and oxygen atoms in total. The molecule has 0 bridgehead atoms. The van der Waals surface area contributed by atoms with E-state index < -0.39 is 0 Å². The summed E-state index contributed by atoms with van der Waals surface area (Å²) in [4.78, 5) is 17.0. The molecule has 5 rings (SSSR count). The summed E-state index contributed by atoms with van der Waals surface area (Å²) >= 11 is 2.79. The van der Waals surface area contributed by atoms with Crippen molar-refractivity contribution in [1.29, 1.82) is 0 Å². The van der Waals surface area contributed by atoms with Gasteiger partial charge in [-0.15, -0.1) is 16.4 Å². The molecule has 0 atom stereocenters.